The molecular weight excluding hydrogens is 332 g/mol. The Kier molecular flexibility index (Phi) is 4.29. The quantitative estimate of drug-likeness (QED) is 0.916. The number of amides is 1. The molecule has 2 heterocycles. The molecule has 1 aromatic carbocycles. The molecule has 0 aliphatic carbocycles. The van der Waals surface area contributed by atoms with Gasteiger partial charge in [0.2, 0.25) is 11.0 Å². The fraction of sp³-hybridized carbons (Fsp3) is 0.438. The first-order chi connectivity index (χ1) is 10.8. The van der Waals surface area contributed by atoms with Crippen LogP contribution in [0.2, 0.25) is 5.02 Å². The van der Waals surface area contributed by atoms with Gasteiger partial charge in [0.15, 0.2) is 0 Å². The third-order valence-corrected chi connectivity index (χ3v) is 4.64. The molecule has 1 amide bonds. The molecule has 0 bridgehead atoms. The topological polar surface area (TPSA) is 58.1 Å². The van der Waals surface area contributed by atoms with Gasteiger partial charge in [0, 0.05) is 34.2 Å². The van der Waals surface area contributed by atoms with E-state index >= 15 is 0 Å². The van der Waals surface area contributed by atoms with Crippen LogP contribution in [0, 0.1) is 0 Å². The summed E-state index contributed by atoms with van der Waals surface area (Å²) in [6.45, 7) is 6.90. The number of halogens is 1. The van der Waals surface area contributed by atoms with E-state index in [4.69, 9.17) is 11.6 Å². The van der Waals surface area contributed by atoms with Crippen molar-refractivity contribution in [1.82, 2.24) is 9.36 Å². The van der Waals surface area contributed by atoms with Crippen molar-refractivity contribution in [3.8, 4) is 0 Å². The maximum Gasteiger partial charge on any atom is 0.249 e. The molecule has 122 valence electrons. The summed E-state index contributed by atoms with van der Waals surface area (Å²) in [4.78, 5) is 18.9. The summed E-state index contributed by atoms with van der Waals surface area (Å²) in [6, 6.07) is 7.07. The fourth-order valence-corrected chi connectivity index (χ4v) is 3.36. The minimum Gasteiger partial charge on any atom is -0.348 e. The van der Waals surface area contributed by atoms with Crippen molar-refractivity contribution in [3.63, 3.8) is 0 Å². The molecule has 5 nitrogen and oxygen atoms in total. The lowest BCUT2D eigenvalue weighted by molar-refractivity contribution is -0.117. The lowest BCUT2D eigenvalue weighted by atomic mass is 9.96. The van der Waals surface area contributed by atoms with E-state index in [1.54, 1.807) is 17.0 Å². The fourth-order valence-electron chi connectivity index (χ4n) is 2.43. The minimum absolute atomic E-state index is 0.0554. The van der Waals surface area contributed by atoms with Gasteiger partial charge in [0.25, 0.3) is 0 Å². The van der Waals surface area contributed by atoms with Gasteiger partial charge in [-0.2, -0.15) is 4.37 Å². The molecular formula is C16H19ClN4OS. The zero-order valence-electron chi connectivity index (χ0n) is 13.3. The molecule has 1 aliphatic heterocycles. The number of aromatic nitrogens is 2. The number of hydrogen-bond acceptors (Lipinski definition) is 5. The number of nitrogens with zero attached hydrogens (tertiary/aromatic N) is 3. The second kappa shape index (κ2) is 6.09. The molecule has 7 heteroatoms. The van der Waals surface area contributed by atoms with Crippen LogP contribution >= 0.6 is 23.1 Å². The van der Waals surface area contributed by atoms with E-state index in [9.17, 15) is 4.79 Å². The van der Waals surface area contributed by atoms with Crippen LogP contribution in [0.15, 0.2) is 24.3 Å². The molecule has 1 aromatic heterocycles. The Morgan fingerprint density at radius 2 is 2.00 bits per heavy atom. The molecule has 3 rings (SSSR count). The Morgan fingerprint density at radius 1 is 1.30 bits per heavy atom. The monoisotopic (exact) mass is 350 g/mol. The Labute approximate surface area is 144 Å². The van der Waals surface area contributed by atoms with Gasteiger partial charge in [0.05, 0.1) is 0 Å². The average Bonchev–Trinajstić information content (AvgIpc) is 3.09. The smallest absolute Gasteiger partial charge is 0.249 e. The maximum atomic E-state index is 12.6. The predicted octanol–water partition coefficient (Wildman–Crippen LogP) is 3.71. The highest BCUT2D eigenvalue weighted by molar-refractivity contribution is 7.09. The van der Waals surface area contributed by atoms with E-state index in [-0.39, 0.29) is 17.4 Å². The van der Waals surface area contributed by atoms with Gasteiger partial charge >= 0.3 is 0 Å². The van der Waals surface area contributed by atoms with Crippen LogP contribution in [0.3, 0.4) is 0 Å². The lowest BCUT2D eigenvalue weighted by Crippen LogP contribution is -2.33. The van der Waals surface area contributed by atoms with Gasteiger partial charge in [-0.05, 0) is 30.7 Å². The standard InChI is InChI=1S/C16H19ClN4OS/c1-16(2,3)14-19-15(23-20-14)18-12-8-9-21(13(12)22)11-6-4-10(17)5-7-11/h4-7,12H,8-9H2,1-3H3,(H,18,19,20). The summed E-state index contributed by atoms with van der Waals surface area (Å²) < 4.78 is 4.37. The Hall–Kier alpha value is -1.66. The zero-order valence-corrected chi connectivity index (χ0v) is 14.9. The molecule has 1 N–H and O–H groups in total. The summed E-state index contributed by atoms with van der Waals surface area (Å²) in [5.41, 5.74) is 0.780. The normalized spacial score (nSPS) is 18.5. The Morgan fingerprint density at radius 3 is 2.61 bits per heavy atom. The first-order valence-corrected chi connectivity index (χ1v) is 8.67. The Bertz CT molecular complexity index is 708. The van der Waals surface area contributed by atoms with Crippen molar-refractivity contribution in [2.75, 3.05) is 16.8 Å². The first kappa shape index (κ1) is 16.2. The third kappa shape index (κ3) is 3.48. The third-order valence-electron chi connectivity index (χ3n) is 3.74. The molecule has 0 saturated carbocycles. The van der Waals surface area contributed by atoms with Crippen molar-refractivity contribution < 1.29 is 4.79 Å². The average molecular weight is 351 g/mol. The number of hydrogen-bond donors (Lipinski definition) is 1. The van der Waals surface area contributed by atoms with Gasteiger partial charge in [-0.1, -0.05) is 32.4 Å². The van der Waals surface area contributed by atoms with Crippen LogP contribution in [0.25, 0.3) is 0 Å². The van der Waals surface area contributed by atoms with Crippen molar-refractivity contribution >= 4 is 39.9 Å². The van der Waals surface area contributed by atoms with Crippen LogP contribution in [-0.4, -0.2) is 27.9 Å². The molecule has 0 spiro atoms. The molecule has 1 aliphatic rings. The summed E-state index contributed by atoms with van der Waals surface area (Å²) in [7, 11) is 0. The van der Waals surface area contributed by atoms with Crippen LogP contribution in [0.5, 0.6) is 0 Å². The summed E-state index contributed by atoms with van der Waals surface area (Å²) in [5, 5.41) is 4.59. The van der Waals surface area contributed by atoms with E-state index in [2.05, 4.69) is 35.4 Å². The van der Waals surface area contributed by atoms with Crippen LogP contribution < -0.4 is 10.2 Å². The van der Waals surface area contributed by atoms with Gasteiger partial charge in [-0.25, -0.2) is 4.98 Å². The van der Waals surface area contributed by atoms with Gasteiger partial charge in [-0.15, -0.1) is 0 Å². The molecule has 1 saturated heterocycles. The van der Waals surface area contributed by atoms with E-state index in [1.165, 1.54) is 11.5 Å². The number of nitrogens with one attached hydrogen (secondary N) is 1. The highest BCUT2D eigenvalue weighted by Crippen LogP contribution is 2.27. The van der Waals surface area contributed by atoms with E-state index in [0.29, 0.717) is 16.7 Å². The number of anilines is 2. The summed E-state index contributed by atoms with van der Waals surface area (Å²) in [5.74, 6) is 0.852. The van der Waals surface area contributed by atoms with E-state index in [1.807, 2.05) is 12.1 Å². The molecule has 23 heavy (non-hydrogen) atoms. The van der Waals surface area contributed by atoms with Crippen LogP contribution in [0.4, 0.5) is 10.8 Å². The van der Waals surface area contributed by atoms with Crippen LogP contribution in [-0.2, 0) is 10.2 Å². The van der Waals surface area contributed by atoms with Crippen molar-refractivity contribution in [1.29, 1.82) is 0 Å². The zero-order chi connectivity index (χ0) is 16.6. The van der Waals surface area contributed by atoms with Crippen molar-refractivity contribution in [2.24, 2.45) is 0 Å². The van der Waals surface area contributed by atoms with Crippen molar-refractivity contribution in [3.05, 3.63) is 35.1 Å². The van der Waals surface area contributed by atoms with Gasteiger partial charge in [-0.3, -0.25) is 4.79 Å². The largest absolute Gasteiger partial charge is 0.348 e. The van der Waals surface area contributed by atoms with Gasteiger partial charge < -0.3 is 10.2 Å². The second-order valence-corrected chi connectivity index (χ2v) is 7.81. The second-order valence-electron chi connectivity index (χ2n) is 6.63. The molecule has 1 atom stereocenters. The molecule has 1 fully saturated rings. The van der Waals surface area contributed by atoms with Crippen LogP contribution in [0.1, 0.15) is 33.0 Å². The predicted molar refractivity (Wildman–Crippen MR) is 94.4 cm³/mol. The number of carbonyl (C=O) groups is 1. The van der Waals surface area contributed by atoms with E-state index < -0.39 is 0 Å². The number of rotatable bonds is 3. The molecule has 1 unspecified atom stereocenters. The summed E-state index contributed by atoms with van der Waals surface area (Å²) in [6.07, 6.45) is 0.742. The SMILES string of the molecule is CC(C)(C)c1nsc(NC2CCN(c3ccc(Cl)cc3)C2=O)n1. The molecule has 2 aromatic rings. The minimum atomic E-state index is -0.258. The Balaban J connectivity index is 1.70. The first-order valence-electron chi connectivity index (χ1n) is 7.52. The maximum absolute atomic E-state index is 12.6. The van der Waals surface area contributed by atoms with Gasteiger partial charge in [0.1, 0.15) is 11.9 Å². The molecule has 0 radical (unpaired) electrons. The lowest BCUT2D eigenvalue weighted by Gasteiger charge is -2.17. The highest BCUT2D eigenvalue weighted by Gasteiger charge is 2.33. The number of benzene rings is 1. The summed E-state index contributed by atoms with van der Waals surface area (Å²) >= 11 is 7.20. The number of carbonyl (C=O) groups excluding carboxylic acids is 1. The van der Waals surface area contributed by atoms with E-state index in [0.717, 1.165) is 17.9 Å². The van der Waals surface area contributed by atoms with Crippen molar-refractivity contribution in [2.45, 2.75) is 38.6 Å². The highest BCUT2D eigenvalue weighted by atomic mass is 35.5.